The first kappa shape index (κ1) is 22.5. The summed E-state index contributed by atoms with van der Waals surface area (Å²) in [7, 11) is -4.60. The smallest absolute Gasteiger partial charge is 0.297 e. The average molecular weight is 485 g/mol. The summed E-state index contributed by atoms with van der Waals surface area (Å²) in [6.07, 6.45) is 4.18. The van der Waals surface area contributed by atoms with Gasteiger partial charge in [0.1, 0.15) is 11.5 Å². The normalized spacial score (nSPS) is 17.8. The van der Waals surface area contributed by atoms with E-state index in [0.717, 1.165) is 10.5 Å². The van der Waals surface area contributed by atoms with Crippen LogP contribution in [0.1, 0.15) is 11.3 Å². The molecule has 1 fully saturated rings. The van der Waals surface area contributed by atoms with E-state index in [1.165, 1.54) is 42.6 Å². The quantitative estimate of drug-likeness (QED) is 0.232. The minimum absolute atomic E-state index is 0.0267. The fourth-order valence-corrected chi connectivity index (χ4v) is 5.29. The van der Waals surface area contributed by atoms with E-state index in [-0.39, 0.29) is 27.7 Å². The van der Waals surface area contributed by atoms with Crippen LogP contribution in [-0.4, -0.2) is 33.4 Å². The number of thioether (sulfide) groups is 1. The molecule has 168 valence electrons. The maximum Gasteiger partial charge on any atom is 0.297 e. The summed E-state index contributed by atoms with van der Waals surface area (Å²) in [6, 6.07) is 18.0. The summed E-state index contributed by atoms with van der Waals surface area (Å²) in [5, 5.41) is 11.3. The zero-order chi connectivity index (χ0) is 23.6. The number of nitro groups is 1. The molecule has 1 aromatic heterocycles. The Bertz CT molecular complexity index is 1380. The highest BCUT2D eigenvalue weighted by atomic mass is 32.3. The van der Waals surface area contributed by atoms with Crippen LogP contribution in [0, 0.1) is 10.1 Å². The van der Waals surface area contributed by atoms with Gasteiger partial charge in [0.05, 0.1) is 15.4 Å². The highest BCUT2D eigenvalue weighted by Gasteiger charge is 2.42. The van der Waals surface area contributed by atoms with Gasteiger partial charge in [0.15, 0.2) is 0 Å². The van der Waals surface area contributed by atoms with E-state index in [1.54, 1.807) is 36.4 Å². The van der Waals surface area contributed by atoms with Crippen molar-refractivity contribution < 1.29 is 27.1 Å². The molecule has 0 aliphatic carbocycles. The predicted octanol–water partition coefficient (Wildman–Crippen LogP) is 4.61. The highest BCUT2D eigenvalue weighted by molar-refractivity contribution is 8.15. The van der Waals surface area contributed by atoms with Crippen LogP contribution < -0.4 is 0 Å². The van der Waals surface area contributed by atoms with E-state index in [2.05, 4.69) is 0 Å². The molecule has 1 amide bonds. The van der Waals surface area contributed by atoms with Crippen molar-refractivity contribution in [2.45, 2.75) is 4.71 Å². The number of benzene rings is 2. The van der Waals surface area contributed by atoms with E-state index in [0.29, 0.717) is 11.8 Å². The van der Waals surface area contributed by atoms with Crippen molar-refractivity contribution in [3.05, 3.63) is 99.3 Å². The molecule has 1 aliphatic rings. The minimum atomic E-state index is -4.60. The fourth-order valence-electron chi connectivity index (χ4n) is 3.15. The number of carbonyl (C=O) groups excluding carboxylic acids is 1. The molecule has 1 aliphatic heterocycles. The van der Waals surface area contributed by atoms with Gasteiger partial charge < -0.3 is 4.42 Å². The van der Waals surface area contributed by atoms with Crippen LogP contribution >= 0.6 is 11.8 Å². The van der Waals surface area contributed by atoms with Gasteiger partial charge in [0.25, 0.3) is 21.7 Å². The number of hydrogen-bond donors (Lipinski definition) is 1. The molecule has 2 heterocycles. The largest absolute Gasteiger partial charge is 0.456 e. The Morgan fingerprint density at radius 3 is 2.45 bits per heavy atom. The molecule has 1 atom stereocenters. The van der Waals surface area contributed by atoms with Crippen LogP contribution in [0.15, 0.2) is 82.3 Å². The molecule has 11 heteroatoms. The van der Waals surface area contributed by atoms with E-state index < -0.39 is 25.7 Å². The van der Waals surface area contributed by atoms with E-state index >= 15 is 0 Å². The topological polar surface area (TPSA) is 131 Å². The Morgan fingerprint density at radius 2 is 1.76 bits per heavy atom. The van der Waals surface area contributed by atoms with Gasteiger partial charge in [0.2, 0.25) is 4.71 Å². The number of hydrogen-bond acceptors (Lipinski definition) is 7. The lowest BCUT2D eigenvalue weighted by Crippen LogP contribution is -2.32. The third-order valence-electron chi connectivity index (χ3n) is 4.65. The maximum atomic E-state index is 12.9. The molecule has 1 unspecified atom stereocenters. The summed E-state index contributed by atoms with van der Waals surface area (Å²) in [4.78, 5) is 24.6. The van der Waals surface area contributed by atoms with Gasteiger partial charge in [0, 0.05) is 18.3 Å². The van der Waals surface area contributed by atoms with Crippen LogP contribution in [-0.2, 0) is 14.9 Å². The van der Waals surface area contributed by atoms with Crippen molar-refractivity contribution in [3.63, 3.8) is 0 Å². The van der Waals surface area contributed by atoms with Crippen LogP contribution in [0.4, 0.5) is 5.69 Å². The van der Waals surface area contributed by atoms with Gasteiger partial charge in [-0.2, -0.15) is 8.42 Å². The first-order chi connectivity index (χ1) is 15.7. The summed E-state index contributed by atoms with van der Waals surface area (Å²) < 4.78 is 37.5. The Morgan fingerprint density at radius 1 is 1.06 bits per heavy atom. The third-order valence-corrected chi connectivity index (χ3v) is 7.38. The molecule has 1 N–H and O–H groups in total. The Kier molecular flexibility index (Phi) is 6.18. The minimum Gasteiger partial charge on any atom is -0.456 e. The van der Waals surface area contributed by atoms with E-state index in [9.17, 15) is 27.9 Å². The van der Waals surface area contributed by atoms with Gasteiger partial charge in [-0.15, -0.1) is 0 Å². The summed E-state index contributed by atoms with van der Waals surface area (Å²) in [6.45, 7) is 0. The molecule has 0 radical (unpaired) electrons. The second kappa shape index (κ2) is 9.06. The lowest BCUT2D eigenvalue weighted by Gasteiger charge is -2.16. The van der Waals surface area contributed by atoms with Gasteiger partial charge in [-0.3, -0.25) is 24.4 Å². The van der Waals surface area contributed by atoms with Crippen molar-refractivity contribution in [1.82, 2.24) is 4.90 Å². The van der Waals surface area contributed by atoms with Crippen molar-refractivity contribution in [1.29, 1.82) is 0 Å². The van der Waals surface area contributed by atoms with Crippen LogP contribution in [0.5, 0.6) is 0 Å². The van der Waals surface area contributed by atoms with Gasteiger partial charge in [-0.05, 0) is 29.8 Å². The number of para-hydroxylation sites is 1. The third kappa shape index (κ3) is 4.90. The molecule has 1 saturated heterocycles. The summed E-state index contributed by atoms with van der Waals surface area (Å²) in [5.41, 5.74) is 0.865. The number of carbonyl (C=O) groups is 1. The second-order valence-electron chi connectivity index (χ2n) is 6.86. The average Bonchev–Trinajstić information content (AvgIpc) is 3.38. The summed E-state index contributed by atoms with van der Waals surface area (Å²) in [5.74, 6) is -0.225. The van der Waals surface area contributed by atoms with Crippen LogP contribution in [0.2, 0.25) is 0 Å². The molecule has 4 rings (SSSR count). The van der Waals surface area contributed by atoms with Crippen LogP contribution in [0.25, 0.3) is 23.5 Å². The molecule has 33 heavy (non-hydrogen) atoms. The van der Waals surface area contributed by atoms with Crippen molar-refractivity contribution in [2.24, 2.45) is 0 Å². The van der Waals surface area contributed by atoms with E-state index in [1.807, 2.05) is 6.07 Å². The predicted molar refractivity (Wildman–Crippen MR) is 124 cm³/mol. The number of rotatable bonds is 6. The van der Waals surface area contributed by atoms with Crippen LogP contribution in [0.3, 0.4) is 0 Å². The summed E-state index contributed by atoms with van der Waals surface area (Å²) >= 11 is 0.657. The monoisotopic (exact) mass is 484 g/mol. The molecule has 0 spiro atoms. The zero-order valence-corrected chi connectivity index (χ0v) is 18.4. The molecule has 0 saturated carbocycles. The molecule has 2 aromatic carbocycles. The SMILES string of the molecule is O=C1C(=Cc2ccc(-c3ccccc3[N+](=O)[O-])o2)SC(S(=O)(=O)O)N1C=Cc1ccccc1. The standard InChI is InChI=1S/C22H16N2O7S2/c25-21-20(14-16-10-11-19(31-16)17-8-4-5-9-18(17)24(26)27)32-22(33(28,29)30)23(21)13-12-15-6-2-1-3-7-15/h1-14,22H,(H,28,29,30). The fraction of sp³-hybridized carbons (Fsp3) is 0.0455. The molecule has 0 bridgehead atoms. The van der Waals surface area contributed by atoms with Crippen molar-refractivity contribution >= 4 is 45.6 Å². The molecule has 9 nitrogen and oxygen atoms in total. The van der Waals surface area contributed by atoms with E-state index in [4.69, 9.17) is 4.42 Å². The number of furan rings is 1. The lowest BCUT2D eigenvalue weighted by atomic mass is 10.1. The molecular weight excluding hydrogens is 468 g/mol. The number of nitrogens with zero attached hydrogens (tertiary/aromatic N) is 2. The number of nitro benzene ring substituents is 1. The Balaban J connectivity index is 1.65. The van der Waals surface area contributed by atoms with Crippen molar-refractivity contribution in [3.8, 4) is 11.3 Å². The maximum absolute atomic E-state index is 12.9. The Hall–Kier alpha value is -3.67. The first-order valence-corrected chi connectivity index (χ1v) is 11.9. The second-order valence-corrected chi connectivity index (χ2v) is 9.76. The van der Waals surface area contributed by atoms with Gasteiger partial charge in [-0.25, -0.2) is 0 Å². The Labute approximate surface area is 192 Å². The first-order valence-electron chi connectivity index (χ1n) is 9.48. The molecular formula is C22H16N2O7S2. The lowest BCUT2D eigenvalue weighted by molar-refractivity contribution is -0.384. The highest BCUT2D eigenvalue weighted by Crippen LogP contribution is 2.40. The van der Waals surface area contributed by atoms with Gasteiger partial charge in [-0.1, -0.05) is 54.2 Å². The zero-order valence-electron chi connectivity index (χ0n) is 16.8. The molecule has 3 aromatic rings. The van der Waals surface area contributed by atoms with Crippen molar-refractivity contribution in [2.75, 3.05) is 0 Å². The number of amides is 1. The van der Waals surface area contributed by atoms with Gasteiger partial charge >= 0.3 is 0 Å².